The summed E-state index contributed by atoms with van der Waals surface area (Å²) in [6, 6.07) is 13.0. The van der Waals surface area contributed by atoms with E-state index in [1.807, 2.05) is 56.3 Å². The summed E-state index contributed by atoms with van der Waals surface area (Å²) in [5, 5.41) is 2.72. The third-order valence-electron chi connectivity index (χ3n) is 4.45. The predicted octanol–water partition coefficient (Wildman–Crippen LogP) is 3.60. The second-order valence-electron chi connectivity index (χ2n) is 6.91. The first-order valence-electron chi connectivity index (χ1n) is 8.92. The van der Waals surface area contributed by atoms with Gasteiger partial charge in [-0.15, -0.1) is 0 Å². The van der Waals surface area contributed by atoms with E-state index in [9.17, 15) is 14.4 Å². The number of carbonyl (C=O) groups is 3. The van der Waals surface area contributed by atoms with Gasteiger partial charge in [0, 0.05) is 28.8 Å². The van der Waals surface area contributed by atoms with Crippen LogP contribution in [0.4, 0.5) is 11.4 Å². The summed E-state index contributed by atoms with van der Waals surface area (Å²) in [5.41, 5.74) is 3.46. The van der Waals surface area contributed by atoms with Crippen LogP contribution in [0.1, 0.15) is 17.5 Å². The highest BCUT2D eigenvalue weighted by molar-refractivity contribution is 9.10. The number of benzene rings is 2. The average molecular weight is 445 g/mol. The fourth-order valence-corrected chi connectivity index (χ4v) is 3.50. The maximum absolute atomic E-state index is 12.3. The van der Waals surface area contributed by atoms with Crippen molar-refractivity contribution >= 4 is 45.1 Å². The number of anilines is 2. The van der Waals surface area contributed by atoms with Crippen LogP contribution < -0.4 is 10.2 Å². The van der Waals surface area contributed by atoms with E-state index >= 15 is 0 Å². The molecular formula is C21H21BrN2O4. The summed E-state index contributed by atoms with van der Waals surface area (Å²) in [4.78, 5) is 38.2. The van der Waals surface area contributed by atoms with Crippen molar-refractivity contribution < 1.29 is 19.1 Å². The highest BCUT2D eigenvalue weighted by Crippen LogP contribution is 2.27. The van der Waals surface area contributed by atoms with Crippen LogP contribution >= 0.6 is 15.9 Å². The molecule has 0 aliphatic carbocycles. The van der Waals surface area contributed by atoms with Crippen LogP contribution in [-0.4, -0.2) is 30.9 Å². The number of esters is 1. The van der Waals surface area contributed by atoms with Gasteiger partial charge in [-0.1, -0.05) is 22.0 Å². The van der Waals surface area contributed by atoms with E-state index in [-0.39, 0.29) is 25.5 Å². The van der Waals surface area contributed by atoms with Gasteiger partial charge >= 0.3 is 5.97 Å². The predicted molar refractivity (Wildman–Crippen MR) is 110 cm³/mol. The number of amides is 2. The minimum Gasteiger partial charge on any atom is -0.455 e. The standard InChI is InChI=1S/C21H21BrN2O4/c1-13-7-14(2)9-17(8-13)23-19(25)12-28-21(27)15-10-20(26)24(11-15)18-5-3-16(22)4-6-18/h3-9,15H,10-12H2,1-2H3,(H,23,25)/t15-/m1/s1. The zero-order valence-corrected chi connectivity index (χ0v) is 17.3. The van der Waals surface area contributed by atoms with E-state index in [0.29, 0.717) is 5.69 Å². The van der Waals surface area contributed by atoms with E-state index in [4.69, 9.17) is 4.74 Å². The van der Waals surface area contributed by atoms with Crippen LogP contribution in [-0.2, 0) is 19.1 Å². The number of hydrogen-bond acceptors (Lipinski definition) is 4. The second kappa shape index (κ2) is 8.56. The zero-order chi connectivity index (χ0) is 20.3. The summed E-state index contributed by atoms with van der Waals surface area (Å²) in [6.45, 7) is 3.75. The third kappa shape index (κ3) is 4.98. The summed E-state index contributed by atoms with van der Waals surface area (Å²) in [7, 11) is 0. The van der Waals surface area contributed by atoms with Crippen LogP contribution in [0.15, 0.2) is 46.9 Å². The fourth-order valence-electron chi connectivity index (χ4n) is 3.23. The minimum absolute atomic E-state index is 0.0770. The first-order valence-corrected chi connectivity index (χ1v) is 9.72. The summed E-state index contributed by atoms with van der Waals surface area (Å²) < 4.78 is 6.05. The lowest BCUT2D eigenvalue weighted by molar-refractivity contribution is -0.151. The quantitative estimate of drug-likeness (QED) is 0.714. The lowest BCUT2D eigenvalue weighted by atomic mass is 10.1. The summed E-state index contributed by atoms with van der Waals surface area (Å²) >= 11 is 3.35. The number of carbonyl (C=O) groups excluding carboxylic acids is 3. The number of ether oxygens (including phenoxy) is 1. The third-order valence-corrected chi connectivity index (χ3v) is 4.98. The van der Waals surface area contributed by atoms with Crippen molar-refractivity contribution in [1.82, 2.24) is 0 Å². The van der Waals surface area contributed by atoms with Crippen molar-refractivity contribution in [2.24, 2.45) is 5.92 Å². The number of nitrogens with zero attached hydrogens (tertiary/aromatic N) is 1. The number of rotatable bonds is 5. The van der Waals surface area contributed by atoms with Crippen molar-refractivity contribution in [3.05, 3.63) is 58.1 Å². The Kier molecular flexibility index (Phi) is 6.14. The number of hydrogen-bond donors (Lipinski definition) is 1. The van der Waals surface area contributed by atoms with Gasteiger partial charge in [0.25, 0.3) is 5.91 Å². The van der Waals surface area contributed by atoms with Crippen molar-refractivity contribution in [1.29, 1.82) is 0 Å². The largest absolute Gasteiger partial charge is 0.455 e. The van der Waals surface area contributed by atoms with Gasteiger partial charge in [-0.25, -0.2) is 0 Å². The monoisotopic (exact) mass is 444 g/mol. The lowest BCUT2D eigenvalue weighted by Crippen LogP contribution is -2.28. The molecule has 146 valence electrons. The maximum Gasteiger partial charge on any atom is 0.311 e. The summed E-state index contributed by atoms with van der Waals surface area (Å²) in [5.74, 6) is -1.66. The molecule has 1 N–H and O–H groups in total. The molecule has 1 aliphatic rings. The Morgan fingerprint density at radius 1 is 1.14 bits per heavy atom. The molecule has 0 spiro atoms. The molecule has 0 radical (unpaired) electrons. The molecule has 7 heteroatoms. The molecule has 28 heavy (non-hydrogen) atoms. The SMILES string of the molecule is Cc1cc(C)cc(NC(=O)COC(=O)[C@@H]2CC(=O)N(c3ccc(Br)cc3)C2)c1. The fraction of sp³-hybridized carbons (Fsp3) is 0.286. The summed E-state index contributed by atoms with van der Waals surface area (Å²) in [6.07, 6.45) is 0.0770. The van der Waals surface area contributed by atoms with Gasteiger partial charge in [0.05, 0.1) is 5.92 Å². The van der Waals surface area contributed by atoms with Crippen LogP contribution in [0, 0.1) is 19.8 Å². The minimum atomic E-state index is -0.579. The Balaban J connectivity index is 1.53. The second-order valence-corrected chi connectivity index (χ2v) is 7.83. The molecule has 1 saturated heterocycles. The van der Waals surface area contributed by atoms with Crippen molar-refractivity contribution in [2.75, 3.05) is 23.4 Å². The lowest BCUT2D eigenvalue weighted by Gasteiger charge is -2.16. The number of halogens is 1. The molecule has 2 amide bonds. The van der Waals surface area contributed by atoms with Gasteiger partial charge in [0.15, 0.2) is 6.61 Å². The molecule has 2 aromatic carbocycles. The van der Waals surface area contributed by atoms with E-state index in [1.54, 1.807) is 4.90 Å². The molecule has 3 rings (SSSR count). The molecule has 0 unspecified atom stereocenters. The highest BCUT2D eigenvalue weighted by atomic mass is 79.9. The Morgan fingerprint density at radius 2 is 1.79 bits per heavy atom. The number of aryl methyl sites for hydroxylation is 2. The molecular weight excluding hydrogens is 424 g/mol. The van der Waals surface area contributed by atoms with Crippen molar-refractivity contribution in [2.45, 2.75) is 20.3 Å². The van der Waals surface area contributed by atoms with E-state index in [0.717, 1.165) is 21.3 Å². The molecule has 6 nitrogen and oxygen atoms in total. The smallest absolute Gasteiger partial charge is 0.311 e. The first-order chi connectivity index (χ1) is 13.3. The van der Waals surface area contributed by atoms with E-state index in [1.165, 1.54) is 0 Å². The van der Waals surface area contributed by atoms with Crippen molar-refractivity contribution in [3.8, 4) is 0 Å². The van der Waals surface area contributed by atoms with E-state index in [2.05, 4.69) is 21.2 Å². The van der Waals surface area contributed by atoms with Crippen LogP contribution in [0.2, 0.25) is 0 Å². The van der Waals surface area contributed by atoms with Crippen LogP contribution in [0.25, 0.3) is 0 Å². The Bertz CT molecular complexity index is 891. The van der Waals surface area contributed by atoms with E-state index < -0.39 is 17.8 Å². The molecule has 1 fully saturated rings. The van der Waals surface area contributed by atoms with Crippen LogP contribution in [0.3, 0.4) is 0 Å². The Hall–Kier alpha value is -2.67. The normalized spacial score (nSPS) is 16.2. The van der Waals surface area contributed by atoms with Gasteiger partial charge < -0.3 is 15.0 Å². The molecule has 0 aromatic heterocycles. The van der Waals surface area contributed by atoms with Crippen molar-refractivity contribution in [3.63, 3.8) is 0 Å². The van der Waals surface area contributed by atoms with Gasteiger partial charge in [0.2, 0.25) is 5.91 Å². The average Bonchev–Trinajstić information content (AvgIpc) is 3.01. The highest BCUT2D eigenvalue weighted by Gasteiger charge is 2.36. The van der Waals surface area contributed by atoms with Gasteiger partial charge in [0.1, 0.15) is 0 Å². The van der Waals surface area contributed by atoms with Gasteiger partial charge in [-0.3, -0.25) is 14.4 Å². The van der Waals surface area contributed by atoms with Crippen LogP contribution in [0.5, 0.6) is 0 Å². The maximum atomic E-state index is 12.3. The molecule has 1 aliphatic heterocycles. The van der Waals surface area contributed by atoms with Gasteiger partial charge in [-0.2, -0.15) is 0 Å². The molecule has 1 heterocycles. The number of nitrogens with one attached hydrogen (secondary N) is 1. The molecule has 0 saturated carbocycles. The molecule has 1 atom stereocenters. The Labute approximate surface area is 172 Å². The molecule has 2 aromatic rings. The van der Waals surface area contributed by atoms with Gasteiger partial charge in [-0.05, 0) is 61.4 Å². The topological polar surface area (TPSA) is 75.7 Å². The first kappa shape index (κ1) is 20.1. The Morgan fingerprint density at radius 3 is 2.43 bits per heavy atom. The zero-order valence-electron chi connectivity index (χ0n) is 15.7. The molecule has 0 bridgehead atoms.